The van der Waals surface area contributed by atoms with E-state index in [1.165, 1.54) is 19.3 Å². The molecule has 1 aliphatic carbocycles. The van der Waals surface area contributed by atoms with Crippen molar-refractivity contribution in [3.8, 4) is 11.5 Å². The Labute approximate surface area is 167 Å². The summed E-state index contributed by atoms with van der Waals surface area (Å²) in [5.74, 6) is 1.33. The third-order valence-electron chi connectivity index (χ3n) is 5.91. The SMILES string of the molecule is COc1ccc(/C=C/C(=O)NCC2(N3CCOCC3)CCCCC2)c(OC)c1. The van der Waals surface area contributed by atoms with Gasteiger partial charge < -0.3 is 19.5 Å². The highest BCUT2D eigenvalue weighted by molar-refractivity contribution is 5.92. The number of benzene rings is 1. The highest BCUT2D eigenvalue weighted by Crippen LogP contribution is 2.34. The molecule has 0 unspecified atom stereocenters. The lowest BCUT2D eigenvalue weighted by atomic mass is 9.79. The van der Waals surface area contributed by atoms with Gasteiger partial charge in [-0.3, -0.25) is 9.69 Å². The zero-order valence-electron chi connectivity index (χ0n) is 17.0. The molecule has 28 heavy (non-hydrogen) atoms. The monoisotopic (exact) mass is 388 g/mol. The first-order chi connectivity index (χ1) is 13.7. The van der Waals surface area contributed by atoms with E-state index in [1.54, 1.807) is 26.4 Å². The molecule has 1 aliphatic heterocycles. The van der Waals surface area contributed by atoms with Crippen LogP contribution < -0.4 is 14.8 Å². The van der Waals surface area contributed by atoms with Gasteiger partial charge in [-0.25, -0.2) is 0 Å². The molecule has 0 radical (unpaired) electrons. The van der Waals surface area contributed by atoms with Gasteiger partial charge in [0, 0.05) is 42.9 Å². The molecule has 1 N–H and O–H groups in total. The predicted molar refractivity (Wildman–Crippen MR) is 110 cm³/mol. The van der Waals surface area contributed by atoms with Crippen LogP contribution in [0, 0.1) is 0 Å². The summed E-state index contributed by atoms with van der Waals surface area (Å²) in [7, 11) is 3.23. The number of hydrogen-bond donors (Lipinski definition) is 1. The van der Waals surface area contributed by atoms with Crippen molar-refractivity contribution in [3.63, 3.8) is 0 Å². The number of carbonyl (C=O) groups excluding carboxylic acids is 1. The van der Waals surface area contributed by atoms with E-state index in [4.69, 9.17) is 14.2 Å². The van der Waals surface area contributed by atoms with E-state index < -0.39 is 0 Å². The Balaban J connectivity index is 1.62. The molecule has 0 bridgehead atoms. The molecule has 154 valence electrons. The van der Waals surface area contributed by atoms with Crippen LogP contribution in [0.4, 0.5) is 0 Å². The first kappa shape index (κ1) is 20.7. The van der Waals surface area contributed by atoms with Crippen molar-refractivity contribution in [3.05, 3.63) is 29.8 Å². The van der Waals surface area contributed by atoms with Crippen LogP contribution in [0.3, 0.4) is 0 Å². The summed E-state index contributed by atoms with van der Waals surface area (Å²) in [6, 6.07) is 5.56. The minimum Gasteiger partial charge on any atom is -0.497 e. The van der Waals surface area contributed by atoms with Gasteiger partial charge in [0.2, 0.25) is 5.91 Å². The van der Waals surface area contributed by atoms with Gasteiger partial charge in [0.15, 0.2) is 0 Å². The van der Waals surface area contributed by atoms with Gasteiger partial charge >= 0.3 is 0 Å². The van der Waals surface area contributed by atoms with E-state index in [-0.39, 0.29) is 11.4 Å². The number of ether oxygens (including phenoxy) is 3. The fourth-order valence-corrected chi connectivity index (χ4v) is 4.28. The van der Waals surface area contributed by atoms with Gasteiger partial charge in [-0.05, 0) is 31.1 Å². The van der Waals surface area contributed by atoms with Crippen LogP contribution in [0.15, 0.2) is 24.3 Å². The average molecular weight is 389 g/mol. The largest absolute Gasteiger partial charge is 0.497 e. The molecule has 1 aromatic rings. The number of morpholine rings is 1. The van der Waals surface area contributed by atoms with Crippen LogP contribution >= 0.6 is 0 Å². The van der Waals surface area contributed by atoms with Crippen LogP contribution in [-0.4, -0.2) is 63.4 Å². The molecular formula is C22H32N2O4. The minimum atomic E-state index is -0.0731. The second-order valence-corrected chi connectivity index (χ2v) is 7.54. The van der Waals surface area contributed by atoms with Crippen LogP contribution in [0.25, 0.3) is 6.08 Å². The number of hydrogen-bond acceptors (Lipinski definition) is 5. The molecule has 1 amide bonds. The van der Waals surface area contributed by atoms with Crippen LogP contribution in [0.2, 0.25) is 0 Å². The molecule has 2 fully saturated rings. The lowest BCUT2D eigenvalue weighted by molar-refractivity contribution is -0.117. The van der Waals surface area contributed by atoms with Gasteiger partial charge in [-0.15, -0.1) is 0 Å². The molecule has 1 saturated carbocycles. The molecule has 1 aromatic carbocycles. The Morgan fingerprint density at radius 3 is 2.61 bits per heavy atom. The van der Waals surface area contributed by atoms with Crippen LogP contribution in [0.5, 0.6) is 11.5 Å². The van der Waals surface area contributed by atoms with Gasteiger partial charge in [-0.1, -0.05) is 19.3 Å². The Morgan fingerprint density at radius 1 is 1.18 bits per heavy atom. The number of nitrogens with one attached hydrogen (secondary N) is 1. The number of methoxy groups -OCH3 is 2. The Morgan fingerprint density at radius 2 is 1.93 bits per heavy atom. The Hall–Kier alpha value is -2.05. The fraction of sp³-hybridized carbons (Fsp3) is 0.591. The van der Waals surface area contributed by atoms with Gasteiger partial charge in [0.25, 0.3) is 0 Å². The fourth-order valence-electron chi connectivity index (χ4n) is 4.28. The van der Waals surface area contributed by atoms with Gasteiger partial charge in [0.05, 0.1) is 27.4 Å². The van der Waals surface area contributed by atoms with Crippen molar-refractivity contribution in [2.75, 3.05) is 47.1 Å². The second-order valence-electron chi connectivity index (χ2n) is 7.54. The minimum absolute atomic E-state index is 0.0728. The van der Waals surface area contributed by atoms with E-state index in [9.17, 15) is 4.79 Å². The van der Waals surface area contributed by atoms with Crippen molar-refractivity contribution in [1.82, 2.24) is 10.2 Å². The van der Waals surface area contributed by atoms with Crippen molar-refractivity contribution < 1.29 is 19.0 Å². The normalized spacial score (nSPS) is 20.1. The highest BCUT2D eigenvalue weighted by atomic mass is 16.5. The topological polar surface area (TPSA) is 60.0 Å². The number of nitrogens with zero attached hydrogens (tertiary/aromatic N) is 1. The van der Waals surface area contributed by atoms with E-state index in [1.807, 2.05) is 18.2 Å². The van der Waals surface area contributed by atoms with Crippen molar-refractivity contribution in [1.29, 1.82) is 0 Å². The van der Waals surface area contributed by atoms with Crippen LogP contribution in [0.1, 0.15) is 37.7 Å². The summed E-state index contributed by atoms with van der Waals surface area (Å²) in [4.78, 5) is 15.0. The maximum Gasteiger partial charge on any atom is 0.244 e. The zero-order chi connectivity index (χ0) is 19.8. The molecule has 2 aliphatic rings. The first-order valence-corrected chi connectivity index (χ1v) is 10.2. The lowest BCUT2D eigenvalue weighted by Crippen LogP contribution is -2.59. The summed E-state index contributed by atoms with van der Waals surface area (Å²) in [6.45, 7) is 4.17. The van der Waals surface area contributed by atoms with E-state index in [0.717, 1.165) is 50.5 Å². The molecule has 6 heteroatoms. The first-order valence-electron chi connectivity index (χ1n) is 10.2. The maximum absolute atomic E-state index is 12.5. The van der Waals surface area contributed by atoms with Crippen molar-refractivity contribution >= 4 is 12.0 Å². The third kappa shape index (κ3) is 5.06. The van der Waals surface area contributed by atoms with E-state index in [2.05, 4.69) is 10.2 Å². The lowest BCUT2D eigenvalue weighted by Gasteiger charge is -2.48. The Bertz CT molecular complexity index is 677. The smallest absolute Gasteiger partial charge is 0.244 e. The highest BCUT2D eigenvalue weighted by Gasteiger charge is 2.38. The van der Waals surface area contributed by atoms with Crippen LogP contribution in [-0.2, 0) is 9.53 Å². The number of rotatable bonds is 7. The summed E-state index contributed by atoms with van der Waals surface area (Å²) in [6.07, 6.45) is 9.40. The molecule has 6 nitrogen and oxygen atoms in total. The molecular weight excluding hydrogens is 356 g/mol. The zero-order valence-corrected chi connectivity index (χ0v) is 17.0. The average Bonchev–Trinajstić information content (AvgIpc) is 2.77. The number of amides is 1. The third-order valence-corrected chi connectivity index (χ3v) is 5.91. The summed E-state index contributed by atoms with van der Waals surface area (Å²) < 4.78 is 16.1. The van der Waals surface area contributed by atoms with E-state index in [0.29, 0.717) is 12.3 Å². The molecule has 1 heterocycles. The molecule has 0 aromatic heterocycles. The molecule has 3 rings (SSSR count). The Kier molecular flexibility index (Phi) is 7.34. The predicted octanol–water partition coefficient (Wildman–Crippen LogP) is 2.87. The van der Waals surface area contributed by atoms with Gasteiger partial charge in [0.1, 0.15) is 11.5 Å². The summed E-state index contributed by atoms with van der Waals surface area (Å²) >= 11 is 0. The van der Waals surface area contributed by atoms with Gasteiger partial charge in [-0.2, -0.15) is 0 Å². The summed E-state index contributed by atoms with van der Waals surface area (Å²) in [5.41, 5.74) is 0.919. The second kappa shape index (κ2) is 9.94. The number of carbonyl (C=O) groups is 1. The van der Waals surface area contributed by atoms with Crippen molar-refractivity contribution in [2.45, 2.75) is 37.6 Å². The molecule has 0 spiro atoms. The van der Waals surface area contributed by atoms with E-state index >= 15 is 0 Å². The van der Waals surface area contributed by atoms with Crippen molar-refractivity contribution in [2.24, 2.45) is 0 Å². The molecule has 0 atom stereocenters. The standard InChI is InChI=1S/C22H32N2O4/c1-26-19-8-6-18(20(16-19)27-2)7-9-21(25)23-17-22(10-4-3-5-11-22)24-12-14-28-15-13-24/h6-9,16H,3-5,10-15,17H2,1-2H3,(H,23,25)/b9-7+. The maximum atomic E-state index is 12.5. The quantitative estimate of drug-likeness (QED) is 0.728. The summed E-state index contributed by atoms with van der Waals surface area (Å²) in [5, 5.41) is 3.15. The molecule has 1 saturated heterocycles.